The number of carbonyl (C=O) groups is 1. The Bertz CT molecular complexity index is 982. The summed E-state index contributed by atoms with van der Waals surface area (Å²) >= 11 is 1.43. The summed E-state index contributed by atoms with van der Waals surface area (Å²) in [5.41, 5.74) is 2.07. The fourth-order valence-electron chi connectivity index (χ4n) is 3.14. The van der Waals surface area contributed by atoms with Crippen LogP contribution in [0.25, 0.3) is 0 Å². The monoisotopic (exact) mass is 383 g/mol. The van der Waals surface area contributed by atoms with Gasteiger partial charge in [0, 0.05) is 45.3 Å². The van der Waals surface area contributed by atoms with Crippen molar-refractivity contribution in [3.05, 3.63) is 46.9 Å². The van der Waals surface area contributed by atoms with E-state index in [2.05, 4.69) is 25.3 Å². The molecular formula is C18H21N7OS. The third kappa shape index (κ3) is 3.14. The maximum Gasteiger partial charge on any atom is 0.263 e. The molecule has 1 atom stereocenters. The minimum absolute atomic E-state index is 0.00695. The summed E-state index contributed by atoms with van der Waals surface area (Å²) in [6.07, 6.45) is 7.59. The second-order valence-electron chi connectivity index (χ2n) is 6.76. The summed E-state index contributed by atoms with van der Waals surface area (Å²) in [4.78, 5) is 25.9. The highest BCUT2D eigenvalue weighted by molar-refractivity contribution is 7.18. The van der Waals surface area contributed by atoms with Crippen molar-refractivity contribution >= 4 is 33.9 Å². The van der Waals surface area contributed by atoms with Crippen molar-refractivity contribution in [2.24, 2.45) is 17.0 Å². The maximum atomic E-state index is 12.3. The Hall–Kier alpha value is -2.94. The van der Waals surface area contributed by atoms with E-state index in [1.165, 1.54) is 11.3 Å². The second-order valence-corrected chi connectivity index (χ2v) is 7.81. The number of carbonyl (C=O) groups excluding carboxylic acids is 1. The van der Waals surface area contributed by atoms with Gasteiger partial charge >= 0.3 is 0 Å². The van der Waals surface area contributed by atoms with E-state index in [-0.39, 0.29) is 11.9 Å². The molecule has 0 bridgehead atoms. The Morgan fingerprint density at radius 3 is 2.93 bits per heavy atom. The largest absolute Gasteiger partial charge is 0.344 e. The molecule has 9 heteroatoms. The van der Waals surface area contributed by atoms with Crippen LogP contribution in [0.2, 0.25) is 0 Å². The van der Waals surface area contributed by atoms with Gasteiger partial charge in [0.2, 0.25) is 0 Å². The SMILES string of the molecule is Cc1cc(NC2=NC=CN3C2=NCC3c2cnn(C)c2)sc1C(=O)N(C)C. The lowest BCUT2D eigenvalue weighted by Crippen LogP contribution is -2.36. The first-order valence-corrected chi connectivity index (χ1v) is 9.41. The number of amides is 1. The number of hydrogen-bond donors (Lipinski definition) is 1. The first kappa shape index (κ1) is 17.5. The number of fused-ring (bicyclic) bond motifs is 1. The van der Waals surface area contributed by atoms with Gasteiger partial charge in [-0.15, -0.1) is 11.3 Å². The van der Waals surface area contributed by atoms with Gasteiger partial charge in [-0.1, -0.05) is 0 Å². The topological polar surface area (TPSA) is 78.1 Å². The van der Waals surface area contributed by atoms with Gasteiger partial charge in [0.05, 0.1) is 28.7 Å². The van der Waals surface area contributed by atoms with E-state index in [0.29, 0.717) is 12.4 Å². The quantitative estimate of drug-likeness (QED) is 0.882. The first-order chi connectivity index (χ1) is 12.9. The lowest BCUT2D eigenvalue weighted by atomic mass is 10.1. The van der Waals surface area contributed by atoms with Crippen LogP contribution in [0.1, 0.15) is 26.8 Å². The minimum atomic E-state index is 0.00695. The molecule has 27 heavy (non-hydrogen) atoms. The van der Waals surface area contributed by atoms with Crippen LogP contribution in [-0.4, -0.2) is 57.8 Å². The van der Waals surface area contributed by atoms with Crippen molar-refractivity contribution in [2.75, 3.05) is 26.0 Å². The van der Waals surface area contributed by atoms with Crippen molar-refractivity contribution in [1.29, 1.82) is 0 Å². The van der Waals surface area contributed by atoms with Crippen LogP contribution in [-0.2, 0) is 7.05 Å². The molecular weight excluding hydrogens is 362 g/mol. The van der Waals surface area contributed by atoms with Crippen LogP contribution in [0, 0.1) is 6.92 Å². The number of anilines is 1. The molecule has 2 aliphatic rings. The van der Waals surface area contributed by atoms with Gasteiger partial charge < -0.3 is 15.1 Å². The molecule has 140 valence electrons. The van der Waals surface area contributed by atoms with Crippen molar-refractivity contribution < 1.29 is 4.79 Å². The lowest BCUT2D eigenvalue weighted by Gasteiger charge is -2.26. The zero-order chi connectivity index (χ0) is 19.1. The molecule has 0 aromatic carbocycles. The minimum Gasteiger partial charge on any atom is -0.344 e. The molecule has 2 aromatic heterocycles. The summed E-state index contributed by atoms with van der Waals surface area (Å²) in [7, 11) is 5.43. The third-order valence-electron chi connectivity index (χ3n) is 4.51. The number of rotatable bonds is 3. The molecule has 0 spiro atoms. The highest BCUT2D eigenvalue weighted by Gasteiger charge is 2.33. The van der Waals surface area contributed by atoms with Crippen LogP contribution in [0.3, 0.4) is 0 Å². The van der Waals surface area contributed by atoms with Gasteiger partial charge in [-0.25, -0.2) is 4.99 Å². The van der Waals surface area contributed by atoms with Crippen molar-refractivity contribution in [1.82, 2.24) is 19.6 Å². The average molecular weight is 383 g/mol. The van der Waals surface area contributed by atoms with E-state index in [9.17, 15) is 4.79 Å². The summed E-state index contributed by atoms with van der Waals surface area (Å²) in [6.45, 7) is 2.60. The summed E-state index contributed by atoms with van der Waals surface area (Å²) < 4.78 is 1.80. The number of aromatic nitrogens is 2. The number of aliphatic imine (C=N–C) groups is 2. The molecule has 0 aliphatic carbocycles. The molecule has 0 radical (unpaired) electrons. The number of hydrogen-bond acceptors (Lipinski definition) is 7. The average Bonchev–Trinajstić information content (AvgIpc) is 3.33. The van der Waals surface area contributed by atoms with Gasteiger partial charge in [0.25, 0.3) is 5.91 Å². The van der Waals surface area contributed by atoms with Crippen LogP contribution < -0.4 is 5.32 Å². The lowest BCUT2D eigenvalue weighted by molar-refractivity contribution is 0.0831. The van der Waals surface area contributed by atoms with E-state index in [0.717, 1.165) is 26.8 Å². The Labute approximate surface area is 161 Å². The molecule has 2 aliphatic heterocycles. The number of nitrogens with zero attached hydrogens (tertiary/aromatic N) is 6. The molecule has 8 nitrogen and oxygen atoms in total. The molecule has 2 aromatic rings. The van der Waals surface area contributed by atoms with Crippen LogP contribution in [0.4, 0.5) is 5.00 Å². The normalized spacial score (nSPS) is 18.2. The molecule has 1 amide bonds. The zero-order valence-corrected chi connectivity index (χ0v) is 16.5. The Morgan fingerprint density at radius 2 is 2.22 bits per heavy atom. The van der Waals surface area contributed by atoms with Gasteiger partial charge in [0.15, 0.2) is 11.7 Å². The van der Waals surface area contributed by atoms with Gasteiger partial charge in [-0.05, 0) is 18.6 Å². The van der Waals surface area contributed by atoms with E-state index in [1.54, 1.807) is 29.9 Å². The van der Waals surface area contributed by atoms with Crippen LogP contribution in [0.5, 0.6) is 0 Å². The smallest absolute Gasteiger partial charge is 0.263 e. The van der Waals surface area contributed by atoms with E-state index >= 15 is 0 Å². The molecule has 4 heterocycles. The van der Waals surface area contributed by atoms with E-state index in [4.69, 9.17) is 0 Å². The Balaban J connectivity index is 1.54. The molecule has 4 rings (SSSR count). The van der Waals surface area contributed by atoms with Gasteiger partial charge in [-0.3, -0.25) is 14.5 Å². The van der Waals surface area contributed by atoms with E-state index < -0.39 is 0 Å². The molecule has 1 N–H and O–H groups in total. The number of aryl methyl sites for hydroxylation is 2. The predicted octanol–water partition coefficient (Wildman–Crippen LogP) is 2.24. The summed E-state index contributed by atoms with van der Waals surface area (Å²) in [5, 5.41) is 8.48. The fourth-order valence-corrected chi connectivity index (χ4v) is 4.23. The number of thiophene rings is 1. The number of nitrogens with one attached hydrogen (secondary N) is 1. The van der Waals surface area contributed by atoms with Crippen LogP contribution in [0.15, 0.2) is 40.8 Å². The summed E-state index contributed by atoms with van der Waals surface area (Å²) in [6, 6.07) is 2.09. The first-order valence-electron chi connectivity index (χ1n) is 8.59. The highest BCUT2D eigenvalue weighted by Crippen LogP contribution is 2.31. The standard InChI is InChI=1S/C18H21N7OS/c1-11-7-14(27-15(11)18(26)23(2)3)22-16-17-20-9-13(25(17)6-5-19-16)12-8-21-24(4)10-12/h5-8,10,13H,9H2,1-4H3,(H,19,22). The molecule has 0 saturated carbocycles. The predicted molar refractivity (Wildman–Crippen MR) is 107 cm³/mol. The molecule has 0 fully saturated rings. The Kier molecular flexibility index (Phi) is 4.31. The van der Waals surface area contributed by atoms with Crippen LogP contribution >= 0.6 is 11.3 Å². The maximum absolute atomic E-state index is 12.3. The van der Waals surface area contributed by atoms with Crippen molar-refractivity contribution in [3.8, 4) is 0 Å². The second kappa shape index (κ2) is 6.66. The van der Waals surface area contributed by atoms with Gasteiger partial charge in [-0.2, -0.15) is 5.10 Å². The summed E-state index contributed by atoms with van der Waals surface area (Å²) in [5.74, 6) is 1.50. The Morgan fingerprint density at radius 1 is 1.41 bits per heavy atom. The molecule has 1 unspecified atom stereocenters. The third-order valence-corrected chi connectivity index (χ3v) is 5.65. The van der Waals surface area contributed by atoms with Crippen molar-refractivity contribution in [2.45, 2.75) is 13.0 Å². The molecule has 0 saturated heterocycles. The van der Waals surface area contributed by atoms with Gasteiger partial charge in [0.1, 0.15) is 0 Å². The van der Waals surface area contributed by atoms with E-state index in [1.807, 2.05) is 38.6 Å². The number of amidine groups is 2. The highest BCUT2D eigenvalue weighted by atomic mass is 32.1. The fraction of sp³-hybridized carbons (Fsp3) is 0.333. The zero-order valence-electron chi connectivity index (χ0n) is 15.7. The van der Waals surface area contributed by atoms with Crippen molar-refractivity contribution in [3.63, 3.8) is 0 Å².